The van der Waals surface area contributed by atoms with Crippen molar-refractivity contribution in [1.82, 2.24) is 4.98 Å². The molecule has 36 heavy (non-hydrogen) atoms. The summed E-state index contributed by atoms with van der Waals surface area (Å²) in [6.07, 6.45) is 0. The zero-order valence-electron chi connectivity index (χ0n) is 16.4. The van der Waals surface area contributed by atoms with Crippen molar-refractivity contribution in [3.8, 4) is 11.3 Å². The standard InChI is InChI=1S/C17H7ClF14N2OS/c18-17(31,32)16(29,30)15(27,28)14(25,26)13(23,24)12(21,22)11(19,20)9(35)34-10-33-8(6-36-10)7-4-2-1-3-5-7/h1-6H,(H,33,34,35). The highest BCUT2D eigenvalue weighted by Crippen LogP contribution is 2.62. The van der Waals surface area contributed by atoms with Gasteiger partial charge in [0.15, 0.2) is 5.13 Å². The molecule has 0 fully saturated rings. The number of carbonyl (C=O) groups excluding carboxylic acids is 1. The summed E-state index contributed by atoms with van der Waals surface area (Å²) in [5, 5.41) is -5.79. The Morgan fingerprint density at radius 2 is 1.17 bits per heavy atom. The van der Waals surface area contributed by atoms with Gasteiger partial charge in [-0.25, -0.2) is 4.98 Å². The van der Waals surface area contributed by atoms with Crippen LogP contribution in [0.1, 0.15) is 0 Å². The van der Waals surface area contributed by atoms with E-state index >= 15 is 0 Å². The van der Waals surface area contributed by atoms with E-state index in [4.69, 9.17) is 0 Å². The third-order valence-electron chi connectivity index (χ3n) is 4.41. The molecule has 1 aromatic heterocycles. The predicted octanol–water partition coefficient (Wildman–Crippen LogP) is 7.39. The molecule has 19 heteroatoms. The van der Waals surface area contributed by atoms with Crippen molar-refractivity contribution in [2.45, 2.75) is 40.9 Å². The molecule has 202 valence electrons. The van der Waals surface area contributed by atoms with E-state index in [-0.39, 0.29) is 22.6 Å². The predicted molar refractivity (Wildman–Crippen MR) is 96.7 cm³/mol. The van der Waals surface area contributed by atoms with E-state index in [2.05, 4.69) is 16.6 Å². The second-order valence-electron chi connectivity index (χ2n) is 6.80. The van der Waals surface area contributed by atoms with Gasteiger partial charge in [0.05, 0.1) is 5.69 Å². The fourth-order valence-corrected chi connectivity index (χ4v) is 3.19. The molecule has 1 aromatic carbocycles. The Hall–Kier alpha value is -2.37. The Balaban J connectivity index is 2.42. The highest BCUT2D eigenvalue weighted by molar-refractivity contribution is 7.14. The second kappa shape index (κ2) is 8.88. The summed E-state index contributed by atoms with van der Waals surface area (Å²) in [6, 6.07) is 7.25. The van der Waals surface area contributed by atoms with Gasteiger partial charge in [-0.3, -0.25) is 10.1 Å². The lowest BCUT2D eigenvalue weighted by molar-refractivity contribution is -0.431. The van der Waals surface area contributed by atoms with E-state index < -0.39 is 52.0 Å². The van der Waals surface area contributed by atoms with Crippen LogP contribution < -0.4 is 5.32 Å². The van der Waals surface area contributed by atoms with Crippen molar-refractivity contribution < 1.29 is 66.3 Å². The highest BCUT2D eigenvalue weighted by atomic mass is 35.5. The summed E-state index contributed by atoms with van der Waals surface area (Å²) in [7, 11) is 0. The SMILES string of the molecule is O=C(Nc1nc(-c2ccccc2)cs1)C(F)(F)C(F)(F)C(F)(F)C(F)(F)C(F)(F)C(F)(F)C(F)(F)Cl. The number of anilines is 1. The van der Waals surface area contributed by atoms with Gasteiger partial charge < -0.3 is 0 Å². The summed E-state index contributed by atoms with van der Waals surface area (Å²) in [6.45, 7) is 0. The number of nitrogens with zero attached hydrogens (tertiary/aromatic N) is 1. The van der Waals surface area contributed by atoms with Gasteiger partial charge in [0.25, 0.3) is 0 Å². The molecule has 1 heterocycles. The number of aromatic nitrogens is 1. The summed E-state index contributed by atoms with van der Waals surface area (Å²) in [5.41, 5.74) is 0.198. The summed E-state index contributed by atoms with van der Waals surface area (Å²) in [4.78, 5) is 15.1. The van der Waals surface area contributed by atoms with Crippen LogP contribution in [-0.2, 0) is 4.79 Å². The lowest BCUT2D eigenvalue weighted by atomic mass is 9.91. The molecule has 0 atom stereocenters. The molecule has 3 nitrogen and oxygen atoms in total. The van der Waals surface area contributed by atoms with E-state index in [1.165, 1.54) is 30.3 Å². The van der Waals surface area contributed by atoms with Crippen LogP contribution in [0.15, 0.2) is 35.7 Å². The number of amides is 1. The first-order valence-electron chi connectivity index (χ1n) is 8.63. The first kappa shape index (κ1) is 29.9. The topological polar surface area (TPSA) is 42.0 Å². The van der Waals surface area contributed by atoms with Gasteiger partial charge in [0.2, 0.25) is 0 Å². The van der Waals surface area contributed by atoms with Gasteiger partial charge in [-0.05, 0) is 11.6 Å². The molecule has 0 saturated heterocycles. The highest BCUT2D eigenvalue weighted by Gasteiger charge is 2.93. The number of alkyl halides is 15. The summed E-state index contributed by atoms with van der Waals surface area (Å²) < 4.78 is 188. The molecule has 1 amide bonds. The van der Waals surface area contributed by atoms with E-state index in [0.717, 1.165) is 10.7 Å². The van der Waals surface area contributed by atoms with Gasteiger partial charge >= 0.3 is 46.8 Å². The van der Waals surface area contributed by atoms with Crippen LogP contribution in [0.4, 0.5) is 66.6 Å². The molecule has 0 unspecified atom stereocenters. The third-order valence-corrected chi connectivity index (χ3v) is 5.40. The molecule has 0 saturated carbocycles. The number of hydrogen-bond acceptors (Lipinski definition) is 3. The fraction of sp³-hybridized carbons (Fsp3) is 0.412. The van der Waals surface area contributed by atoms with Gasteiger partial charge in [-0.1, -0.05) is 30.3 Å². The molecule has 0 aliphatic carbocycles. The minimum atomic E-state index is -8.31. The first-order chi connectivity index (χ1) is 16.0. The minimum Gasteiger partial charge on any atom is -0.296 e. The average Bonchev–Trinajstić information content (AvgIpc) is 3.21. The van der Waals surface area contributed by atoms with Crippen LogP contribution in [0.2, 0.25) is 0 Å². The van der Waals surface area contributed by atoms with Crippen molar-refractivity contribution in [2.75, 3.05) is 5.32 Å². The van der Waals surface area contributed by atoms with Crippen LogP contribution in [0, 0.1) is 0 Å². The van der Waals surface area contributed by atoms with Gasteiger partial charge in [0, 0.05) is 10.9 Å². The molecule has 0 aliphatic heterocycles. The molecule has 1 N–H and O–H groups in total. The fourth-order valence-electron chi connectivity index (χ4n) is 2.36. The number of rotatable bonds is 9. The summed E-state index contributed by atoms with van der Waals surface area (Å²) in [5.74, 6) is -50.7. The maximum atomic E-state index is 13.9. The Kier molecular flexibility index (Phi) is 7.37. The zero-order valence-corrected chi connectivity index (χ0v) is 18.0. The quantitative estimate of drug-likeness (QED) is 0.245. The maximum absolute atomic E-state index is 13.9. The molecule has 2 aromatic rings. The van der Waals surface area contributed by atoms with E-state index in [1.54, 1.807) is 0 Å². The smallest absolute Gasteiger partial charge is 0.296 e. The minimum absolute atomic E-state index is 0.0771. The molecule has 2 rings (SSSR count). The lowest BCUT2D eigenvalue weighted by Crippen LogP contribution is -2.73. The van der Waals surface area contributed by atoms with Gasteiger partial charge in [-0.2, -0.15) is 61.5 Å². The monoisotopic (exact) mass is 588 g/mol. The average molecular weight is 589 g/mol. The number of halogens is 15. The van der Waals surface area contributed by atoms with Crippen molar-refractivity contribution in [3.05, 3.63) is 35.7 Å². The maximum Gasteiger partial charge on any atom is 0.393 e. The summed E-state index contributed by atoms with van der Waals surface area (Å²) >= 11 is 3.76. The largest absolute Gasteiger partial charge is 0.393 e. The van der Waals surface area contributed by atoms with Gasteiger partial charge in [0.1, 0.15) is 0 Å². The van der Waals surface area contributed by atoms with E-state index in [1.807, 2.05) is 0 Å². The number of benzene rings is 1. The molecule has 0 spiro atoms. The van der Waals surface area contributed by atoms with Crippen LogP contribution in [0.3, 0.4) is 0 Å². The normalized spacial score (nSPS) is 14.6. The van der Waals surface area contributed by atoms with Crippen LogP contribution >= 0.6 is 22.9 Å². The van der Waals surface area contributed by atoms with Gasteiger partial charge in [-0.15, -0.1) is 11.3 Å². The Morgan fingerprint density at radius 3 is 1.64 bits per heavy atom. The second-order valence-corrected chi connectivity index (χ2v) is 8.13. The lowest BCUT2D eigenvalue weighted by Gasteiger charge is -2.41. The number of thiazole rings is 1. The molecular formula is C17H7ClF14N2OS. The van der Waals surface area contributed by atoms with Crippen LogP contribution in [-0.4, -0.2) is 51.8 Å². The Morgan fingerprint density at radius 1 is 0.722 bits per heavy atom. The Labute approximate surface area is 199 Å². The number of hydrogen-bond donors (Lipinski definition) is 1. The van der Waals surface area contributed by atoms with Crippen LogP contribution in [0.25, 0.3) is 11.3 Å². The molecule has 0 bridgehead atoms. The number of nitrogens with one attached hydrogen (secondary N) is 1. The van der Waals surface area contributed by atoms with E-state index in [9.17, 15) is 66.3 Å². The third kappa shape index (κ3) is 4.35. The van der Waals surface area contributed by atoms with Crippen molar-refractivity contribution in [1.29, 1.82) is 0 Å². The molecule has 0 aliphatic rings. The number of carbonyl (C=O) groups is 1. The van der Waals surface area contributed by atoms with Crippen molar-refractivity contribution in [2.24, 2.45) is 0 Å². The first-order valence-corrected chi connectivity index (χ1v) is 9.88. The van der Waals surface area contributed by atoms with E-state index in [0.29, 0.717) is 0 Å². The van der Waals surface area contributed by atoms with Crippen molar-refractivity contribution in [3.63, 3.8) is 0 Å². The zero-order chi connectivity index (χ0) is 28.2. The Bertz CT molecular complexity index is 1100. The van der Waals surface area contributed by atoms with Crippen molar-refractivity contribution >= 4 is 34.0 Å². The molecular weight excluding hydrogens is 582 g/mol. The molecule has 0 radical (unpaired) electrons. The van der Waals surface area contributed by atoms with Crippen LogP contribution in [0.5, 0.6) is 0 Å².